The Hall–Kier alpha value is -1.62. The van der Waals surface area contributed by atoms with E-state index >= 15 is 0 Å². The van der Waals surface area contributed by atoms with Gasteiger partial charge < -0.3 is 0 Å². The van der Waals surface area contributed by atoms with Gasteiger partial charge in [-0.05, 0) is 38.5 Å². The summed E-state index contributed by atoms with van der Waals surface area (Å²) in [5.74, 6) is 0.202. The molecule has 0 radical (unpaired) electrons. The lowest BCUT2D eigenvalue weighted by Crippen LogP contribution is -2.07. The first-order valence-electron chi connectivity index (χ1n) is 6.14. The molecule has 0 spiro atoms. The van der Waals surface area contributed by atoms with Gasteiger partial charge in [-0.3, -0.25) is 4.28 Å². The summed E-state index contributed by atoms with van der Waals surface area (Å²) in [7, 11) is -3.82. The summed E-state index contributed by atoms with van der Waals surface area (Å²) in [5, 5.41) is 3.78. The third kappa shape index (κ3) is 3.23. The summed E-state index contributed by atoms with van der Waals surface area (Å²) >= 11 is 0. The molecule has 19 heavy (non-hydrogen) atoms. The Morgan fingerprint density at radius 3 is 2.37 bits per heavy atom. The van der Waals surface area contributed by atoms with Gasteiger partial charge in [0.05, 0.1) is 5.71 Å². The van der Waals surface area contributed by atoms with Crippen molar-refractivity contribution in [1.82, 2.24) is 0 Å². The van der Waals surface area contributed by atoms with Gasteiger partial charge in [-0.15, -0.1) is 0 Å². The molecule has 0 N–H and O–H groups in total. The third-order valence-electron chi connectivity index (χ3n) is 3.08. The minimum absolute atomic E-state index is 0.119. The molecule has 1 aromatic rings. The molecule has 1 aliphatic rings. The first-order valence-corrected chi connectivity index (χ1v) is 7.55. The summed E-state index contributed by atoms with van der Waals surface area (Å²) < 4.78 is 28.7. The second kappa shape index (κ2) is 5.17. The molecule has 0 saturated carbocycles. The summed E-state index contributed by atoms with van der Waals surface area (Å²) in [6, 6.07) is 6.49. The molecule has 0 fully saturated rings. The average Bonchev–Trinajstić information content (AvgIpc) is 2.66. The molecule has 0 aliphatic heterocycles. The summed E-state index contributed by atoms with van der Waals surface area (Å²) in [6.45, 7) is 5.88. The summed E-state index contributed by atoms with van der Waals surface area (Å²) in [6.07, 6.45) is 2.77. The lowest BCUT2D eigenvalue weighted by atomic mass is 10.1. The van der Waals surface area contributed by atoms with E-state index in [0.29, 0.717) is 5.71 Å². The van der Waals surface area contributed by atoms with Crippen LogP contribution in [0, 0.1) is 12.8 Å². The van der Waals surface area contributed by atoms with Crippen LogP contribution in [-0.2, 0) is 14.4 Å². The SMILES string of the molecule is CC1=C/C(=N\OS(=O)(=O)c2ccc(C)cc2)C(C)C1. The fourth-order valence-corrected chi connectivity index (χ4v) is 2.74. The highest BCUT2D eigenvalue weighted by Crippen LogP contribution is 2.23. The summed E-state index contributed by atoms with van der Waals surface area (Å²) in [5.41, 5.74) is 2.85. The molecule has 102 valence electrons. The third-order valence-corrected chi connectivity index (χ3v) is 4.20. The lowest BCUT2D eigenvalue weighted by molar-refractivity contribution is 0.336. The highest BCUT2D eigenvalue weighted by Gasteiger charge is 2.20. The van der Waals surface area contributed by atoms with Crippen molar-refractivity contribution >= 4 is 15.8 Å². The number of rotatable bonds is 3. The van der Waals surface area contributed by atoms with Crippen LogP contribution in [0.3, 0.4) is 0 Å². The Kier molecular flexibility index (Phi) is 3.75. The van der Waals surface area contributed by atoms with Crippen molar-refractivity contribution in [1.29, 1.82) is 0 Å². The van der Waals surface area contributed by atoms with Crippen LogP contribution < -0.4 is 0 Å². The fourth-order valence-electron chi connectivity index (χ4n) is 2.00. The van der Waals surface area contributed by atoms with Crippen molar-refractivity contribution < 1.29 is 12.7 Å². The van der Waals surface area contributed by atoms with Crippen molar-refractivity contribution in [3.8, 4) is 0 Å². The van der Waals surface area contributed by atoms with E-state index in [4.69, 9.17) is 4.28 Å². The van der Waals surface area contributed by atoms with Gasteiger partial charge in [-0.1, -0.05) is 35.3 Å². The lowest BCUT2D eigenvalue weighted by Gasteiger charge is -2.05. The van der Waals surface area contributed by atoms with Crippen LogP contribution in [0.25, 0.3) is 0 Å². The molecule has 5 heteroatoms. The normalized spacial score (nSPS) is 21.5. The van der Waals surface area contributed by atoms with Gasteiger partial charge in [0.25, 0.3) is 0 Å². The zero-order valence-electron chi connectivity index (χ0n) is 11.3. The van der Waals surface area contributed by atoms with Gasteiger partial charge in [-0.25, -0.2) is 0 Å². The number of allylic oxidation sites excluding steroid dienone is 2. The maximum Gasteiger partial charge on any atom is 0.358 e. The van der Waals surface area contributed by atoms with Crippen molar-refractivity contribution in [2.45, 2.75) is 32.1 Å². The maximum atomic E-state index is 11.9. The molecule has 2 rings (SSSR count). The Balaban J connectivity index is 2.19. The van der Waals surface area contributed by atoms with E-state index in [-0.39, 0.29) is 10.8 Å². The first-order chi connectivity index (χ1) is 8.88. The molecule has 1 aromatic carbocycles. The van der Waals surface area contributed by atoms with E-state index in [1.165, 1.54) is 17.7 Å². The molecule has 1 aliphatic carbocycles. The van der Waals surface area contributed by atoms with Crippen LogP contribution in [-0.4, -0.2) is 14.1 Å². The molecule has 1 unspecified atom stereocenters. The van der Waals surface area contributed by atoms with Gasteiger partial charge in [0.2, 0.25) is 0 Å². The van der Waals surface area contributed by atoms with Crippen LogP contribution in [0.1, 0.15) is 25.8 Å². The number of benzene rings is 1. The number of oxime groups is 1. The largest absolute Gasteiger partial charge is 0.358 e. The molecule has 1 atom stereocenters. The van der Waals surface area contributed by atoms with E-state index in [1.54, 1.807) is 12.1 Å². The highest BCUT2D eigenvalue weighted by atomic mass is 32.2. The zero-order chi connectivity index (χ0) is 14.0. The predicted octanol–water partition coefficient (Wildman–Crippen LogP) is 3.04. The Labute approximate surface area is 113 Å². The molecule has 4 nitrogen and oxygen atoms in total. The average molecular weight is 279 g/mol. The number of aryl methyl sites for hydroxylation is 1. The van der Waals surface area contributed by atoms with E-state index in [1.807, 2.05) is 26.8 Å². The Bertz CT molecular complexity index is 627. The number of hydrogen-bond acceptors (Lipinski definition) is 4. The molecule has 0 saturated heterocycles. The molecule has 0 aromatic heterocycles. The number of nitrogens with zero attached hydrogens (tertiary/aromatic N) is 1. The molecule has 0 heterocycles. The number of hydrogen-bond donors (Lipinski definition) is 0. The maximum absolute atomic E-state index is 11.9. The minimum atomic E-state index is -3.82. The van der Waals surface area contributed by atoms with E-state index in [9.17, 15) is 8.42 Å². The van der Waals surface area contributed by atoms with Crippen LogP contribution in [0.2, 0.25) is 0 Å². The first kappa shape index (κ1) is 13.8. The van der Waals surface area contributed by atoms with Crippen LogP contribution in [0.15, 0.2) is 46.0 Å². The smallest absolute Gasteiger partial charge is 0.265 e. The Morgan fingerprint density at radius 1 is 1.21 bits per heavy atom. The standard InChI is InChI=1S/C14H17NO3S/c1-10-4-6-13(7-5-10)19(16,17)18-15-14-9-11(2)8-12(14)3/h4-7,9,12H,8H2,1-3H3/b15-14+. The predicted molar refractivity (Wildman–Crippen MR) is 74.4 cm³/mol. The van der Waals surface area contributed by atoms with Gasteiger partial charge in [-0.2, -0.15) is 8.42 Å². The van der Waals surface area contributed by atoms with Crippen molar-refractivity contribution in [2.75, 3.05) is 0 Å². The second-order valence-electron chi connectivity index (χ2n) is 4.95. The fraction of sp³-hybridized carbons (Fsp3) is 0.357. The second-order valence-corrected chi connectivity index (χ2v) is 6.48. The molecule has 0 bridgehead atoms. The van der Waals surface area contributed by atoms with Crippen molar-refractivity contribution in [3.05, 3.63) is 41.5 Å². The molecular formula is C14H17NO3S. The van der Waals surface area contributed by atoms with E-state index in [2.05, 4.69) is 5.16 Å². The van der Waals surface area contributed by atoms with Gasteiger partial charge >= 0.3 is 10.1 Å². The van der Waals surface area contributed by atoms with Gasteiger partial charge in [0.1, 0.15) is 4.90 Å². The van der Waals surface area contributed by atoms with Crippen LogP contribution in [0.5, 0.6) is 0 Å². The summed E-state index contributed by atoms with van der Waals surface area (Å²) in [4.78, 5) is 0.119. The topological polar surface area (TPSA) is 55.7 Å². The van der Waals surface area contributed by atoms with E-state index in [0.717, 1.165) is 12.0 Å². The highest BCUT2D eigenvalue weighted by molar-refractivity contribution is 7.86. The van der Waals surface area contributed by atoms with Gasteiger partial charge in [0, 0.05) is 5.92 Å². The molecular weight excluding hydrogens is 262 g/mol. The Morgan fingerprint density at radius 2 is 1.84 bits per heavy atom. The minimum Gasteiger partial charge on any atom is -0.265 e. The van der Waals surface area contributed by atoms with Gasteiger partial charge in [0.15, 0.2) is 0 Å². The molecule has 0 amide bonds. The van der Waals surface area contributed by atoms with Crippen molar-refractivity contribution in [2.24, 2.45) is 11.1 Å². The van der Waals surface area contributed by atoms with Crippen molar-refractivity contribution in [3.63, 3.8) is 0 Å². The van der Waals surface area contributed by atoms with E-state index < -0.39 is 10.1 Å². The van der Waals surface area contributed by atoms with Crippen LogP contribution >= 0.6 is 0 Å². The van der Waals surface area contributed by atoms with Crippen LogP contribution in [0.4, 0.5) is 0 Å². The quantitative estimate of drug-likeness (QED) is 0.799. The zero-order valence-corrected chi connectivity index (χ0v) is 12.1. The monoisotopic (exact) mass is 279 g/mol.